The first-order chi connectivity index (χ1) is 22.8. The molecule has 1 fully saturated rings. The summed E-state index contributed by atoms with van der Waals surface area (Å²) >= 11 is 0. The normalized spacial score (nSPS) is 19.0. The molecule has 2 amide bonds. The quantitative estimate of drug-likeness (QED) is 0.0404. The van der Waals surface area contributed by atoms with Crippen molar-refractivity contribution in [3.63, 3.8) is 0 Å². The highest BCUT2D eigenvalue weighted by atomic mass is 28.4. The smallest absolute Gasteiger partial charge is 0.407 e. The topological polar surface area (TPSA) is 157 Å². The van der Waals surface area contributed by atoms with Crippen LogP contribution in [0.25, 0.3) is 0 Å². The van der Waals surface area contributed by atoms with E-state index in [4.69, 9.17) is 32.2 Å². The van der Waals surface area contributed by atoms with Crippen LogP contribution in [-0.4, -0.2) is 100 Å². The second-order valence-corrected chi connectivity index (χ2v) is 23.2. The van der Waals surface area contributed by atoms with Gasteiger partial charge in [-0.3, -0.25) is 4.79 Å². The molecule has 0 bridgehead atoms. The zero-order valence-electron chi connectivity index (χ0n) is 31.6. The average molecular weight is 733 g/mol. The van der Waals surface area contributed by atoms with Crippen LogP contribution in [0.1, 0.15) is 79.1 Å². The Bertz CT molecular complexity index is 1070. The molecule has 1 rings (SSSR count). The number of hydrogen-bond donors (Lipinski definition) is 2. The van der Waals surface area contributed by atoms with E-state index in [9.17, 15) is 19.2 Å². The molecule has 0 aromatic carbocycles. The van der Waals surface area contributed by atoms with E-state index in [0.717, 1.165) is 31.7 Å². The Morgan fingerprint density at radius 3 is 2.12 bits per heavy atom. The summed E-state index contributed by atoms with van der Waals surface area (Å²) in [6.45, 7) is 21.7. The third kappa shape index (κ3) is 21.4. The van der Waals surface area contributed by atoms with Crippen molar-refractivity contribution in [1.29, 1.82) is 0 Å². The highest BCUT2D eigenvalue weighted by Crippen LogP contribution is 2.45. The summed E-state index contributed by atoms with van der Waals surface area (Å²) in [5, 5.41) is 5.80. The number of unbranched alkanes of at least 4 members (excludes halogenated alkanes) is 2. The molecular weight excluding hydrogens is 669 g/mol. The van der Waals surface area contributed by atoms with Gasteiger partial charge < -0.3 is 42.9 Å². The molecule has 0 heterocycles. The molecule has 1 aliphatic carbocycles. The van der Waals surface area contributed by atoms with Crippen LogP contribution >= 0.6 is 0 Å². The van der Waals surface area contributed by atoms with Gasteiger partial charge in [0.1, 0.15) is 19.8 Å². The molecule has 15 heteroatoms. The molecular formula is C34H64N2O11Si2. The molecule has 0 spiro atoms. The van der Waals surface area contributed by atoms with Crippen molar-refractivity contribution in [2.45, 2.75) is 117 Å². The van der Waals surface area contributed by atoms with Gasteiger partial charge in [-0.1, -0.05) is 27.4 Å². The minimum absolute atomic E-state index is 0.0463. The molecule has 2 atom stereocenters. The number of hydrogen-bond acceptors (Lipinski definition) is 11. The number of esters is 2. The molecule has 0 aliphatic heterocycles. The Morgan fingerprint density at radius 1 is 0.796 bits per heavy atom. The van der Waals surface area contributed by atoms with Gasteiger partial charge in [0.05, 0.1) is 13.2 Å². The molecule has 49 heavy (non-hydrogen) atoms. The fraction of sp³-hybridized carbons (Fsp3) is 0.824. The van der Waals surface area contributed by atoms with Crippen molar-refractivity contribution in [1.82, 2.24) is 10.6 Å². The van der Waals surface area contributed by atoms with E-state index in [1.165, 1.54) is 0 Å². The van der Waals surface area contributed by atoms with Crippen LogP contribution in [0.5, 0.6) is 0 Å². The van der Waals surface area contributed by atoms with Crippen molar-refractivity contribution in [2.75, 3.05) is 53.3 Å². The van der Waals surface area contributed by atoms with Gasteiger partial charge >= 0.3 is 32.7 Å². The van der Waals surface area contributed by atoms with E-state index in [1.807, 2.05) is 0 Å². The lowest BCUT2D eigenvalue weighted by atomic mass is 9.62. The van der Waals surface area contributed by atoms with Gasteiger partial charge in [-0.25, -0.2) is 14.4 Å². The number of ether oxygens (including phenoxy) is 5. The standard InChI is InChI=1S/C34H64N2O11Si2/c1-27(2)30(38)44-20-21-46-32(40)36-28-23-33(3,4)25-34(5,24-28)26-35-31(39)45-17-13-11-12-15-29(37)43-19-18-42-16-14-22-48(7,8)47-49(9,10)41-6/h28H,1,11-26H2,2-10H3,(H,35,39)(H,36,40). The zero-order valence-corrected chi connectivity index (χ0v) is 33.6. The van der Waals surface area contributed by atoms with Crippen LogP contribution in [0.4, 0.5) is 9.59 Å². The van der Waals surface area contributed by atoms with Gasteiger partial charge in [-0.05, 0) is 94.9 Å². The Kier molecular flexibility index (Phi) is 19.7. The third-order valence-electron chi connectivity index (χ3n) is 8.15. The van der Waals surface area contributed by atoms with E-state index >= 15 is 0 Å². The largest absolute Gasteiger partial charge is 0.463 e. The van der Waals surface area contributed by atoms with Crippen molar-refractivity contribution >= 4 is 41.0 Å². The van der Waals surface area contributed by atoms with Crippen LogP contribution in [0.2, 0.25) is 32.2 Å². The lowest BCUT2D eigenvalue weighted by molar-refractivity contribution is -0.145. The van der Waals surface area contributed by atoms with Crippen LogP contribution < -0.4 is 10.6 Å². The first-order valence-corrected chi connectivity index (χ1v) is 23.4. The fourth-order valence-corrected chi connectivity index (χ4v) is 13.3. The first kappa shape index (κ1) is 44.6. The highest BCUT2D eigenvalue weighted by Gasteiger charge is 2.42. The molecule has 0 saturated heterocycles. The van der Waals surface area contributed by atoms with Crippen molar-refractivity contribution in [3.05, 3.63) is 12.2 Å². The van der Waals surface area contributed by atoms with E-state index in [0.29, 0.717) is 45.4 Å². The van der Waals surface area contributed by atoms with Gasteiger partial charge in [0, 0.05) is 38.3 Å². The SMILES string of the molecule is C=C(C)C(=O)OCCOC(=O)NC1CC(C)(C)CC(C)(CNC(=O)OCCCCCC(=O)OCCOCCC[Si](C)(C)O[Si](C)(C)OC)C1. The number of amides is 2. The van der Waals surface area contributed by atoms with Gasteiger partial charge in [0.2, 0.25) is 0 Å². The molecule has 284 valence electrons. The summed E-state index contributed by atoms with van der Waals surface area (Å²) in [7, 11) is -2.14. The summed E-state index contributed by atoms with van der Waals surface area (Å²) in [4.78, 5) is 48.2. The van der Waals surface area contributed by atoms with Crippen LogP contribution in [0.15, 0.2) is 12.2 Å². The van der Waals surface area contributed by atoms with Gasteiger partial charge in [0.15, 0.2) is 8.32 Å². The van der Waals surface area contributed by atoms with Crippen molar-refractivity contribution in [3.8, 4) is 0 Å². The maximum Gasteiger partial charge on any atom is 0.407 e. The molecule has 0 aromatic heterocycles. The van der Waals surface area contributed by atoms with Crippen molar-refractivity contribution < 1.29 is 51.4 Å². The summed E-state index contributed by atoms with van der Waals surface area (Å²) in [6.07, 6.45) is 4.44. The summed E-state index contributed by atoms with van der Waals surface area (Å²) in [5.74, 6) is -0.789. The summed E-state index contributed by atoms with van der Waals surface area (Å²) in [5.41, 5.74) is -0.0575. The Hall–Kier alpha value is -2.47. The molecule has 2 N–H and O–H groups in total. The number of carbonyl (C=O) groups excluding carboxylic acids is 4. The molecule has 2 unspecified atom stereocenters. The fourth-order valence-electron chi connectivity index (χ4n) is 6.27. The number of carbonyl (C=O) groups is 4. The molecule has 1 saturated carbocycles. The van der Waals surface area contributed by atoms with Crippen LogP contribution in [0, 0.1) is 10.8 Å². The van der Waals surface area contributed by atoms with Crippen molar-refractivity contribution in [2.24, 2.45) is 10.8 Å². The number of nitrogens with one attached hydrogen (secondary N) is 2. The molecule has 1 aliphatic rings. The Morgan fingerprint density at radius 2 is 1.45 bits per heavy atom. The monoisotopic (exact) mass is 732 g/mol. The second-order valence-electron chi connectivity index (χ2n) is 15.2. The second kappa shape index (κ2) is 21.7. The van der Waals surface area contributed by atoms with Crippen LogP contribution in [0.3, 0.4) is 0 Å². The first-order valence-electron chi connectivity index (χ1n) is 17.4. The van der Waals surface area contributed by atoms with E-state index in [2.05, 4.69) is 64.2 Å². The van der Waals surface area contributed by atoms with E-state index < -0.39 is 35.0 Å². The summed E-state index contributed by atoms with van der Waals surface area (Å²) < 4.78 is 38.1. The third-order valence-corrected chi connectivity index (χ3v) is 14.9. The lowest BCUT2D eigenvalue weighted by Crippen LogP contribution is -2.50. The number of alkyl carbamates (subject to hydrolysis) is 2. The minimum atomic E-state index is -2.04. The Labute approximate surface area is 296 Å². The predicted molar refractivity (Wildman–Crippen MR) is 192 cm³/mol. The number of rotatable bonds is 23. The molecule has 13 nitrogen and oxygen atoms in total. The van der Waals surface area contributed by atoms with E-state index in [1.54, 1.807) is 14.0 Å². The van der Waals surface area contributed by atoms with Gasteiger partial charge in [-0.15, -0.1) is 0 Å². The highest BCUT2D eigenvalue weighted by molar-refractivity contribution is 6.82. The summed E-state index contributed by atoms with van der Waals surface area (Å²) in [6, 6.07) is 0.838. The minimum Gasteiger partial charge on any atom is -0.463 e. The van der Waals surface area contributed by atoms with Gasteiger partial charge in [-0.2, -0.15) is 0 Å². The zero-order chi connectivity index (χ0) is 37.1. The molecule has 0 radical (unpaired) electrons. The average Bonchev–Trinajstić information content (AvgIpc) is 2.97. The Balaban J connectivity index is 2.18. The van der Waals surface area contributed by atoms with Crippen LogP contribution in [-0.2, 0) is 41.8 Å². The lowest BCUT2D eigenvalue weighted by Gasteiger charge is -2.46. The maximum atomic E-state index is 12.4. The maximum absolute atomic E-state index is 12.4. The van der Waals surface area contributed by atoms with Gasteiger partial charge in [0.25, 0.3) is 0 Å². The van der Waals surface area contributed by atoms with E-state index in [-0.39, 0.29) is 54.8 Å². The predicted octanol–water partition coefficient (Wildman–Crippen LogP) is 6.22. The molecule has 0 aromatic rings.